The zero-order valence-electron chi connectivity index (χ0n) is 11.1. The molecule has 0 saturated carbocycles. The van der Waals surface area contributed by atoms with Gasteiger partial charge in [0.1, 0.15) is 0 Å². The summed E-state index contributed by atoms with van der Waals surface area (Å²) < 4.78 is 1.10. The Morgan fingerprint density at radius 3 is 2.38 bits per heavy atom. The van der Waals surface area contributed by atoms with Gasteiger partial charge in [-0.15, -0.1) is 0 Å². The van der Waals surface area contributed by atoms with Crippen LogP contribution in [0.2, 0.25) is 0 Å². The third kappa shape index (κ3) is 2.37. The van der Waals surface area contributed by atoms with Crippen molar-refractivity contribution in [3.05, 3.63) is 71.2 Å². The second kappa shape index (κ2) is 5.24. The van der Waals surface area contributed by atoms with E-state index in [2.05, 4.69) is 88.0 Å². The fourth-order valence-corrected chi connectivity index (χ4v) is 3.81. The number of para-hydroxylation sites is 2. The molecule has 0 atom stereocenters. The zero-order valence-corrected chi connectivity index (χ0v) is 13.5. The number of halogens is 1. The lowest BCUT2D eigenvalue weighted by Crippen LogP contribution is -2.01. The fraction of sp³-hybridized carbons (Fsp3) is 0. The van der Waals surface area contributed by atoms with Crippen molar-refractivity contribution < 1.29 is 0 Å². The molecule has 0 bridgehead atoms. The Bertz CT molecular complexity index is 812. The van der Waals surface area contributed by atoms with E-state index in [1.165, 1.54) is 32.3 Å². The number of rotatable bonds is 1. The predicted octanol–water partition coefficient (Wildman–Crippen LogP) is 6.32. The van der Waals surface area contributed by atoms with Gasteiger partial charge in [0.05, 0.1) is 11.4 Å². The molecule has 1 aliphatic rings. The van der Waals surface area contributed by atoms with Gasteiger partial charge in [-0.1, -0.05) is 64.1 Å². The summed E-state index contributed by atoms with van der Waals surface area (Å²) in [6, 6.07) is 23.4. The summed E-state index contributed by atoms with van der Waals surface area (Å²) in [6.07, 6.45) is 0. The van der Waals surface area contributed by atoms with Crippen molar-refractivity contribution in [2.45, 2.75) is 9.79 Å². The minimum atomic E-state index is 1.10. The molecule has 3 aromatic carbocycles. The highest BCUT2D eigenvalue weighted by atomic mass is 79.9. The highest BCUT2D eigenvalue weighted by Gasteiger charge is 2.18. The van der Waals surface area contributed by atoms with Crippen molar-refractivity contribution in [3.63, 3.8) is 0 Å². The van der Waals surface area contributed by atoms with Crippen LogP contribution in [0, 0.1) is 0 Å². The maximum Gasteiger partial charge on any atom is 0.0606 e. The van der Waals surface area contributed by atoms with Gasteiger partial charge < -0.3 is 5.32 Å². The minimum absolute atomic E-state index is 1.10. The van der Waals surface area contributed by atoms with Crippen LogP contribution >= 0.6 is 27.7 Å². The van der Waals surface area contributed by atoms with E-state index < -0.39 is 0 Å². The van der Waals surface area contributed by atoms with Gasteiger partial charge in [0.25, 0.3) is 0 Å². The fourth-order valence-electron chi connectivity index (χ4n) is 2.53. The van der Waals surface area contributed by atoms with Crippen molar-refractivity contribution in [2.75, 3.05) is 5.32 Å². The normalized spacial score (nSPS) is 12.2. The quantitative estimate of drug-likeness (QED) is 0.429. The molecule has 0 aromatic heterocycles. The van der Waals surface area contributed by atoms with Crippen molar-refractivity contribution >= 4 is 39.1 Å². The Labute approximate surface area is 136 Å². The van der Waals surface area contributed by atoms with Crippen LogP contribution in [0.25, 0.3) is 11.1 Å². The minimum Gasteiger partial charge on any atom is -0.353 e. The second-order valence-electron chi connectivity index (χ2n) is 4.91. The topological polar surface area (TPSA) is 12.0 Å². The lowest BCUT2D eigenvalue weighted by atomic mass is 10.0. The van der Waals surface area contributed by atoms with Crippen LogP contribution in [0.5, 0.6) is 0 Å². The van der Waals surface area contributed by atoms with E-state index in [-0.39, 0.29) is 0 Å². The third-order valence-corrected chi connectivity index (χ3v) is 5.21. The van der Waals surface area contributed by atoms with Gasteiger partial charge >= 0.3 is 0 Å². The van der Waals surface area contributed by atoms with Gasteiger partial charge in [-0.2, -0.15) is 0 Å². The summed E-state index contributed by atoms with van der Waals surface area (Å²) >= 11 is 5.32. The summed E-state index contributed by atoms with van der Waals surface area (Å²) in [5.74, 6) is 0. The van der Waals surface area contributed by atoms with Gasteiger partial charge in [0.2, 0.25) is 0 Å². The van der Waals surface area contributed by atoms with Crippen LogP contribution in [-0.2, 0) is 0 Å². The maximum atomic E-state index is 3.59. The third-order valence-electron chi connectivity index (χ3n) is 3.55. The summed E-state index contributed by atoms with van der Waals surface area (Å²) in [7, 11) is 0. The lowest BCUT2D eigenvalue weighted by molar-refractivity contribution is 1.31. The number of fused-ring (bicyclic) bond motifs is 2. The molecule has 0 aliphatic carbocycles. The molecular formula is C18H12BrNS. The Kier molecular flexibility index (Phi) is 3.24. The molecule has 0 fully saturated rings. The van der Waals surface area contributed by atoms with Crippen LogP contribution in [0.15, 0.2) is 81.0 Å². The van der Waals surface area contributed by atoms with E-state index >= 15 is 0 Å². The molecule has 102 valence electrons. The molecule has 0 unspecified atom stereocenters. The van der Waals surface area contributed by atoms with E-state index in [4.69, 9.17) is 0 Å². The number of hydrogen-bond donors (Lipinski definition) is 1. The van der Waals surface area contributed by atoms with Gasteiger partial charge in [0.15, 0.2) is 0 Å². The van der Waals surface area contributed by atoms with Crippen LogP contribution in [-0.4, -0.2) is 0 Å². The van der Waals surface area contributed by atoms with Crippen molar-refractivity contribution in [1.82, 2.24) is 0 Å². The molecule has 0 spiro atoms. The standard InChI is InChI=1S/C18H12BrNS/c19-13-10-8-12(9-11-13)14-4-3-7-17-18(14)20-15-5-1-2-6-16(15)21-17/h1-11,20H. The maximum absolute atomic E-state index is 3.59. The largest absolute Gasteiger partial charge is 0.353 e. The van der Waals surface area contributed by atoms with E-state index in [0.717, 1.165) is 4.47 Å². The highest BCUT2D eigenvalue weighted by molar-refractivity contribution is 9.10. The molecule has 3 heteroatoms. The van der Waals surface area contributed by atoms with E-state index in [1.54, 1.807) is 0 Å². The first-order valence-corrected chi connectivity index (χ1v) is 8.35. The van der Waals surface area contributed by atoms with Crippen LogP contribution in [0.4, 0.5) is 11.4 Å². The Morgan fingerprint density at radius 2 is 1.52 bits per heavy atom. The first-order valence-electron chi connectivity index (χ1n) is 6.74. The SMILES string of the molecule is Brc1ccc(-c2cccc3c2Nc2ccccc2S3)cc1. The predicted molar refractivity (Wildman–Crippen MR) is 93.4 cm³/mol. The summed E-state index contributed by atoms with van der Waals surface area (Å²) in [5, 5.41) is 3.59. The Morgan fingerprint density at radius 1 is 0.762 bits per heavy atom. The molecule has 0 amide bonds. The van der Waals surface area contributed by atoms with E-state index in [0.29, 0.717) is 0 Å². The highest BCUT2D eigenvalue weighted by Crippen LogP contribution is 2.47. The smallest absolute Gasteiger partial charge is 0.0606 e. The van der Waals surface area contributed by atoms with Crippen LogP contribution < -0.4 is 5.32 Å². The van der Waals surface area contributed by atoms with Gasteiger partial charge in [0, 0.05) is 19.8 Å². The Balaban J connectivity index is 1.84. The molecule has 0 radical (unpaired) electrons. The van der Waals surface area contributed by atoms with Gasteiger partial charge in [-0.3, -0.25) is 0 Å². The average molecular weight is 354 g/mol. The van der Waals surface area contributed by atoms with E-state index in [9.17, 15) is 0 Å². The number of anilines is 2. The van der Waals surface area contributed by atoms with Crippen molar-refractivity contribution in [1.29, 1.82) is 0 Å². The number of benzene rings is 3. The Hall–Kier alpha value is -1.71. The summed E-state index contributed by atoms with van der Waals surface area (Å²) in [5.41, 5.74) is 4.84. The number of hydrogen-bond acceptors (Lipinski definition) is 2. The number of nitrogens with one attached hydrogen (secondary N) is 1. The van der Waals surface area contributed by atoms with Crippen LogP contribution in [0.1, 0.15) is 0 Å². The van der Waals surface area contributed by atoms with Crippen molar-refractivity contribution in [2.24, 2.45) is 0 Å². The molecule has 1 N–H and O–H groups in total. The molecule has 1 nitrogen and oxygen atoms in total. The molecule has 1 aliphatic heterocycles. The molecule has 4 rings (SSSR count). The van der Waals surface area contributed by atoms with Gasteiger partial charge in [-0.05, 0) is 35.9 Å². The molecule has 3 aromatic rings. The lowest BCUT2D eigenvalue weighted by Gasteiger charge is -2.23. The average Bonchev–Trinajstić information content (AvgIpc) is 2.53. The van der Waals surface area contributed by atoms with Crippen LogP contribution in [0.3, 0.4) is 0 Å². The van der Waals surface area contributed by atoms with Crippen molar-refractivity contribution in [3.8, 4) is 11.1 Å². The second-order valence-corrected chi connectivity index (χ2v) is 6.91. The first kappa shape index (κ1) is 13.0. The first-order chi connectivity index (χ1) is 10.3. The zero-order chi connectivity index (χ0) is 14.2. The molecular weight excluding hydrogens is 342 g/mol. The molecule has 0 saturated heterocycles. The monoisotopic (exact) mass is 353 g/mol. The van der Waals surface area contributed by atoms with E-state index in [1.807, 2.05) is 11.8 Å². The summed E-state index contributed by atoms with van der Waals surface area (Å²) in [6.45, 7) is 0. The molecule has 1 heterocycles. The summed E-state index contributed by atoms with van der Waals surface area (Å²) in [4.78, 5) is 2.55. The molecule has 21 heavy (non-hydrogen) atoms. The van der Waals surface area contributed by atoms with Gasteiger partial charge in [-0.25, -0.2) is 0 Å².